The number of nitrogens with one attached hydrogen (secondary N) is 1. The van der Waals surface area contributed by atoms with Crippen LogP contribution >= 0.6 is 0 Å². The van der Waals surface area contributed by atoms with Crippen LogP contribution < -0.4 is 5.32 Å². The van der Waals surface area contributed by atoms with Crippen LogP contribution in [0, 0.1) is 110 Å². The first-order valence-corrected chi connectivity index (χ1v) is 30.9. The number of aliphatic hydroxyl groups is 3. The van der Waals surface area contributed by atoms with E-state index in [4.69, 9.17) is 23.4 Å². The van der Waals surface area contributed by atoms with Crippen LogP contribution in [0.25, 0.3) is 0 Å². The first kappa shape index (κ1) is 48.4. The van der Waals surface area contributed by atoms with Gasteiger partial charge < -0.3 is 43.6 Å². The number of fused-ring (bicyclic) bond motifs is 6. The highest BCUT2D eigenvalue weighted by atomic mass is 16.7. The quantitative estimate of drug-likeness (QED) is 0.118. The van der Waals surface area contributed by atoms with Gasteiger partial charge in [0.05, 0.1) is 48.5 Å². The average molecular weight is 1060 g/mol. The maximum atomic E-state index is 16.6. The number of hydrogen-bond acceptors (Lipinski definition) is 13. The van der Waals surface area contributed by atoms with Crippen molar-refractivity contribution in [3.05, 3.63) is 59.7 Å². The first-order valence-electron chi connectivity index (χ1n) is 30.9. The number of ketones is 1. The molecule has 8 saturated carbocycles. The lowest BCUT2D eigenvalue weighted by atomic mass is 9.32. The van der Waals surface area contributed by atoms with Gasteiger partial charge in [-0.2, -0.15) is 0 Å². The van der Waals surface area contributed by atoms with Crippen molar-refractivity contribution in [3.63, 3.8) is 0 Å². The second kappa shape index (κ2) is 15.4. The predicted molar refractivity (Wildman–Crippen MR) is 278 cm³/mol. The number of nitrogens with zero attached hydrogens (tertiary/aromatic N) is 1. The van der Waals surface area contributed by atoms with Crippen LogP contribution in [0.1, 0.15) is 141 Å². The number of aliphatic hydroxyl groups excluding tert-OH is 3. The lowest BCUT2D eigenvalue weighted by Crippen LogP contribution is -2.80. The highest BCUT2D eigenvalue weighted by Crippen LogP contribution is 2.89. The van der Waals surface area contributed by atoms with E-state index in [9.17, 15) is 15.3 Å². The number of ether oxygens (including phenoxy) is 4. The van der Waals surface area contributed by atoms with Crippen LogP contribution in [0.5, 0.6) is 0 Å². The fraction of sp³-hybridized carbons (Fsp3) is 0.797. The van der Waals surface area contributed by atoms with E-state index < -0.39 is 86.6 Å². The van der Waals surface area contributed by atoms with Crippen molar-refractivity contribution < 1.29 is 53.1 Å². The number of rotatable bonds is 7. The summed E-state index contributed by atoms with van der Waals surface area (Å²) in [6.07, 6.45) is 25.2. The largest absolute Gasteiger partial charge is 0.469 e. The predicted octanol–water partition coefficient (Wildman–Crippen LogP) is 7.77. The molecule has 1 aromatic rings. The smallest absolute Gasteiger partial charge is 0.339 e. The molecule has 4 N–H and O–H groups in total. The van der Waals surface area contributed by atoms with Gasteiger partial charge in [0, 0.05) is 41.3 Å². The van der Waals surface area contributed by atoms with E-state index in [2.05, 4.69) is 68.4 Å². The summed E-state index contributed by atoms with van der Waals surface area (Å²) in [4.78, 5) is 49.8. The van der Waals surface area contributed by atoms with Crippen molar-refractivity contribution in [2.24, 2.45) is 110 Å². The highest BCUT2D eigenvalue weighted by molar-refractivity contribution is 5.94. The molecule has 5 spiro atoms. The van der Waals surface area contributed by atoms with Crippen molar-refractivity contribution in [2.75, 3.05) is 26.4 Å². The highest BCUT2D eigenvalue weighted by Gasteiger charge is 2.97. The van der Waals surface area contributed by atoms with E-state index in [0.717, 1.165) is 76.6 Å². The van der Waals surface area contributed by atoms with Gasteiger partial charge in [-0.25, -0.2) is 4.79 Å². The third-order valence-electron chi connectivity index (χ3n) is 27.9. The molecule has 13 fully saturated rings. The molecule has 0 unspecified atom stereocenters. The number of Topliss-reactive ketones (excluding diaryl/α,β-unsaturated/α-hetero) is 1. The average Bonchev–Trinajstić information content (AvgIpc) is 3.50. The molecule has 414 valence electrons. The molecule has 16 aliphatic rings. The second-order valence-corrected chi connectivity index (χ2v) is 30.1. The number of epoxide rings is 1. The van der Waals surface area contributed by atoms with Gasteiger partial charge in [0.25, 0.3) is 0 Å². The minimum atomic E-state index is -1.50. The normalized spacial score (nSPS) is 55.7. The fourth-order valence-corrected chi connectivity index (χ4v) is 25.6. The minimum absolute atomic E-state index is 0.0364. The van der Waals surface area contributed by atoms with Crippen molar-refractivity contribution in [1.29, 1.82) is 0 Å². The van der Waals surface area contributed by atoms with Crippen LogP contribution in [0.4, 0.5) is 0 Å². The van der Waals surface area contributed by atoms with E-state index in [0.29, 0.717) is 54.2 Å². The summed E-state index contributed by atoms with van der Waals surface area (Å²) in [5, 5.41) is 39.8. The summed E-state index contributed by atoms with van der Waals surface area (Å²) in [5.41, 5.74) is -5.21. The lowest BCUT2D eigenvalue weighted by Gasteiger charge is -2.70. The molecule has 1 aromatic heterocycles. The Balaban J connectivity index is 0.815. The Morgan fingerprint density at radius 2 is 1.77 bits per heavy atom. The standard InChI is InChI=1S/C64H82N2O11/c1-32-39-9-7-8-33(39)10-12-40(32)44-22-37-21-38-26-60(16-5-6-17-60)29-61(38)25-36-24-57(2)53(42-15-19-73-47(42)23-43(46(68)28-67)34-11-13-41-35(20-34)14-18-66-31-65-27-45(41)66)75-56(72)54-64(57,76-54)58(3)49(36)62-30-74-55(71)51(61)63(37,62)77-59(44,4)50(62)48(69)52(58)70/h10,12,14-15,18-19,22,32-36,38-41,43-46,49-54,65,67-68,70H,5-9,11,13,16-17,20-21,23-31H2,1-4H3/t32-,33+,34-,35-,36-,38-,39-,40+,41+,43+,44-,45+,46-,49+,50-,51+,52-,53+,54-,57+,58+,59+,61-,62-,63+,64-/m1/s1. The number of allylic oxidation sites excluding steroid dienone is 3. The number of hydrogen-bond donors (Lipinski definition) is 4. The molecule has 9 aliphatic carbocycles. The van der Waals surface area contributed by atoms with Gasteiger partial charge in [-0.15, -0.1) is 0 Å². The maximum Gasteiger partial charge on any atom is 0.339 e. The number of cyclic esters (lactones) is 2. The number of esters is 2. The summed E-state index contributed by atoms with van der Waals surface area (Å²) < 4.78 is 35.7. The zero-order valence-electron chi connectivity index (χ0n) is 45.7. The zero-order chi connectivity index (χ0) is 52.3. The van der Waals surface area contributed by atoms with Gasteiger partial charge in [0.2, 0.25) is 0 Å². The molecule has 5 bridgehead atoms. The van der Waals surface area contributed by atoms with E-state index >= 15 is 14.4 Å². The number of carbonyl (C=O) groups is 3. The van der Waals surface area contributed by atoms with E-state index in [1.807, 2.05) is 6.07 Å². The van der Waals surface area contributed by atoms with Crippen LogP contribution in [-0.4, -0.2) is 106 Å². The number of carbonyl (C=O) groups excluding carboxylic acids is 3. The third kappa shape index (κ3) is 5.38. The van der Waals surface area contributed by atoms with E-state index in [1.54, 1.807) is 6.26 Å². The molecule has 7 aliphatic heterocycles. The molecule has 13 heteroatoms. The molecular formula is C64H82N2O11. The van der Waals surface area contributed by atoms with Gasteiger partial charge in [-0.1, -0.05) is 64.3 Å². The van der Waals surface area contributed by atoms with Gasteiger partial charge in [0.15, 0.2) is 11.9 Å². The van der Waals surface area contributed by atoms with Gasteiger partial charge in [-0.3, -0.25) is 14.9 Å². The molecule has 77 heavy (non-hydrogen) atoms. The molecule has 8 heterocycles. The molecular weight excluding hydrogens is 973 g/mol. The van der Waals surface area contributed by atoms with E-state index in [-0.39, 0.29) is 65.9 Å². The molecule has 26 atom stereocenters. The number of furan rings is 1. The Labute approximate surface area is 453 Å². The SMILES string of the molecule is C[C@H]1[C@@H]([C@H]2C=C3C[C@@H]4CC5(CCCC5)C[C@]45C[C@H]4C[C@@]6(C)[C@H](c7ccoc7C[C@@H]([C@@H]7CC[C@H]8[C@H](C=CN9CNC[C@@H]89)C7)[C@H](O)CO)OC(=O)[C@H]7O[C@]76[C@]6(C)[C@H](O)C(=O)[C@@H]7[C@@]2(C)O[C@]32[C@H]5C(=O)OC[C@@]72[C@@H]46)C=C[C@@H]2CCC[C@H]12. The summed E-state index contributed by atoms with van der Waals surface area (Å²) in [7, 11) is 0. The summed E-state index contributed by atoms with van der Waals surface area (Å²) in [6, 6.07) is 2.40. The second-order valence-electron chi connectivity index (χ2n) is 30.1. The summed E-state index contributed by atoms with van der Waals surface area (Å²) >= 11 is 0. The molecule has 5 saturated heterocycles. The Kier molecular flexibility index (Phi) is 9.68. The van der Waals surface area contributed by atoms with Crippen LogP contribution in [0.3, 0.4) is 0 Å². The zero-order valence-corrected chi connectivity index (χ0v) is 45.7. The maximum absolute atomic E-state index is 16.6. The molecule has 17 rings (SSSR count). The molecule has 0 aromatic carbocycles. The van der Waals surface area contributed by atoms with Gasteiger partial charge >= 0.3 is 11.9 Å². The van der Waals surface area contributed by atoms with Crippen molar-refractivity contribution in [2.45, 2.75) is 178 Å². The van der Waals surface area contributed by atoms with Crippen molar-refractivity contribution in [3.8, 4) is 0 Å². The van der Waals surface area contributed by atoms with Gasteiger partial charge in [-0.05, 0) is 178 Å². The Morgan fingerprint density at radius 3 is 2.60 bits per heavy atom. The summed E-state index contributed by atoms with van der Waals surface area (Å²) in [6.45, 7) is 10.4. The molecule has 13 nitrogen and oxygen atoms in total. The Bertz CT molecular complexity index is 2850. The van der Waals surface area contributed by atoms with Crippen molar-refractivity contribution in [1.82, 2.24) is 10.2 Å². The van der Waals surface area contributed by atoms with Crippen LogP contribution in [-0.2, 0) is 39.8 Å². The minimum Gasteiger partial charge on any atom is -0.469 e. The lowest BCUT2D eigenvalue weighted by molar-refractivity contribution is -0.281. The van der Waals surface area contributed by atoms with E-state index in [1.165, 1.54) is 37.7 Å². The third-order valence-corrected chi connectivity index (χ3v) is 27.9. The van der Waals surface area contributed by atoms with Crippen LogP contribution in [0.15, 0.2) is 52.8 Å². The van der Waals surface area contributed by atoms with Crippen LogP contribution in [0.2, 0.25) is 0 Å². The topological polar surface area (TPSA) is 181 Å². The Morgan fingerprint density at radius 1 is 0.922 bits per heavy atom. The molecule has 0 amide bonds. The van der Waals surface area contributed by atoms with Crippen molar-refractivity contribution >= 4 is 17.7 Å². The monoisotopic (exact) mass is 1050 g/mol. The Hall–Kier alpha value is -3.33. The fourth-order valence-electron chi connectivity index (χ4n) is 25.6. The first-order chi connectivity index (χ1) is 37.0. The molecule has 0 radical (unpaired) electrons. The summed E-state index contributed by atoms with van der Waals surface area (Å²) in [5.74, 6) is 0.235. The van der Waals surface area contributed by atoms with Gasteiger partial charge in [0.1, 0.15) is 35.8 Å².